The Morgan fingerprint density at radius 1 is 1.19 bits per heavy atom. The van der Waals surface area contributed by atoms with Crippen molar-refractivity contribution in [1.82, 2.24) is 24.1 Å². The molecule has 0 N–H and O–H groups in total. The van der Waals surface area contributed by atoms with E-state index in [0.717, 1.165) is 49.8 Å². The van der Waals surface area contributed by atoms with Crippen LogP contribution in [-0.2, 0) is 11.3 Å². The number of rotatable bonds is 3. The molecule has 0 aromatic carbocycles. The van der Waals surface area contributed by atoms with E-state index in [1.807, 2.05) is 29.0 Å². The topological polar surface area (TPSA) is 57.2 Å². The Kier molecular flexibility index (Phi) is 3.16. The minimum absolute atomic E-state index is 0.490. The van der Waals surface area contributed by atoms with E-state index >= 15 is 0 Å². The molecule has 0 unspecified atom stereocenters. The summed E-state index contributed by atoms with van der Waals surface area (Å²) in [4.78, 5) is 8.80. The summed E-state index contributed by atoms with van der Waals surface area (Å²) < 4.78 is 9.54. The maximum atomic E-state index is 5.44. The summed E-state index contributed by atoms with van der Waals surface area (Å²) >= 11 is 0. The third-order valence-corrected chi connectivity index (χ3v) is 4.05. The number of hydrogen-bond acceptors (Lipinski definition) is 4. The van der Waals surface area contributed by atoms with Crippen LogP contribution in [0.25, 0.3) is 5.65 Å². The van der Waals surface area contributed by atoms with Crippen LogP contribution in [-0.4, -0.2) is 37.4 Å². The lowest BCUT2D eigenvalue weighted by molar-refractivity contribution is 0.0829. The zero-order valence-corrected chi connectivity index (χ0v) is 11.7. The summed E-state index contributed by atoms with van der Waals surface area (Å²) in [6, 6.07) is 6.06. The fraction of sp³-hybridized carbons (Fsp3) is 0.400. The number of ether oxygens (including phenoxy) is 1. The molecule has 0 saturated carbocycles. The predicted molar refractivity (Wildman–Crippen MR) is 77.1 cm³/mol. The minimum Gasteiger partial charge on any atom is -0.381 e. The Balaban J connectivity index is 1.65. The van der Waals surface area contributed by atoms with Gasteiger partial charge in [0, 0.05) is 31.5 Å². The molecule has 1 fully saturated rings. The smallest absolute Gasteiger partial charge is 0.155 e. The number of nitrogens with zero attached hydrogens (tertiary/aromatic N) is 5. The van der Waals surface area contributed by atoms with Gasteiger partial charge in [0.15, 0.2) is 5.65 Å². The van der Waals surface area contributed by atoms with Crippen LogP contribution in [0.2, 0.25) is 0 Å². The average molecular weight is 283 g/mol. The maximum Gasteiger partial charge on any atom is 0.155 e. The van der Waals surface area contributed by atoms with Crippen molar-refractivity contribution in [3.05, 3.63) is 48.4 Å². The van der Waals surface area contributed by atoms with E-state index in [-0.39, 0.29) is 0 Å². The molecule has 1 saturated heterocycles. The fourth-order valence-electron chi connectivity index (χ4n) is 2.97. The van der Waals surface area contributed by atoms with Crippen LogP contribution in [0.5, 0.6) is 0 Å². The molecule has 108 valence electrons. The lowest BCUT2D eigenvalue weighted by Crippen LogP contribution is -2.18. The van der Waals surface area contributed by atoms with Gasteiger partial charge in [-0.2, -0.15) is 5.10 Å². The molecule has 4 heterocycles. The van der Waals surface area contributed by atoms with Gasteiger partial charge < -0.3 is 9.30 Å². The first kappa shape index (κ1) is 12.5. The molecule has 1 aliphatic rings. The molecule has 0 atom stereocenters. The second-order valence-electron chi connectivity index (χ2n) is 5.35. The van der Waals surface area contributed by atoms with E-state index in [1.165, 1.54) is 0 Å². The molecular weight excluding hydrogens is 266 g/mol. The SMILES string of the molecule is c1cc(Cn2ccnc2C2CCOCC2)n2ncnc2c1. The molecule has 0 bridgehead atoms. The summed E-state index contributed by atoms with van der Waals surface area (Å²) in [6.45, 7) is 2.42. The lowest BCUT2D eigenvalue weighted by Gasteiger charge is -2.22. The summed E-state index contributed by atoms with van der Waals surface area (Å²) in [5.74, 6) is 1.64. The minimum atomic E-state index is 0.490. The Bertz CT molecular complexity index is 741. The largest absolute Gasteiger partial charge is 0.381 e. The van der Waals surface area contributed by atoms with Crippen LogP contribution >= 0.6 is 0 Å². The molecule has 1 aliphatic heterocycles. The van der Waals surface area contributed by atoms with E-state index in [2.05, 4.69) is 25.7 Å². The van der Waals surface area contributed by atoms with E-state index in [0.29, 0.717) is 5.92 Å². The molecular formula is C15H17N5O. The van der Waals surface area contributed by atoms with Crippen molar-refractivity contribution in [1.29, 1.82) is 0 Å². The third kappa shape index (κ3) is 2.31. The monoisotopic (exact) mass is 283 g/mol. The molecule has 3 aromatic rings. The average Bonchev–Trinajstić information content (AvgIpc) is 3.17. The summed E-state index contributed by atoms with van der Waals surface area (Å²) in [7, 11) is 0. The summed E-state index contributed by atoms with van der Waals surface area (Å²) in [5, 5.41) is 4.29. The van der Waals surface area contributed by atoms with E-state index in [4.69, 9.17) is 4.74 Å². The van der Waals surface area contributed by atoms with Crippen LogP contribution in [0.4, 0.5) is 0 Å². The highest BCUT2D eigenvalue weighted by Crippen LogP contribution is 2.25. The van der Waals surface area contributed by atoms with Crippen molar-refractivity contribution < 1.29 is 4.74 Å². The van der Waals surface area contributed by atoms with Gasteiger partial charge in [-0.25, -0.2) is 14.5 Å². The zero-order chi connectivity index (χ0) is 14.1. The maximum absolute atomic E-state index is 5.44. The van der Waals surface area contributed by atoms with Gasteiger partial charge in [-0.3, -0.25) is 0 Å². The molecule has 0 radical (unpaired) electrons. The third-order valence-electron chi connectivity index (χ3n) is 4.05. The fourth-order valence-corrected chi connectivity index (χ4v) is 2.97. The van der Waals surface area contributed by atoms with Crippen molar-refractivity contribution in [2.24, 2.45) is 0 Å². The number of aromatic nitrogens is 5. The normalized spacial score (nSPS) is 16.6. The van der Waals surface area contributed by atoms with Crippen LogP contribution in [0.1, 0.15) is 30.3 Å². The highest BCUT2D eigenvalue weighted by Gasteiger charge is 2.20. The number of fused-ring (bicyclic) bond motifs is 1. The van der Waals surface area contributed by atoms with Crippen LogP contribution in [0.15, 0.2) is 36.9 Å². The van der Waals surface area contributed by atoms with Gasteiger partial charge >= 0.3 is 0 Å². The number of imidazole rings is 1. The van der Waals surface area contributed by atoms with Gasteiger partial charge in [-0.1, -0.05) is 6.07 Å². The Hall–Kier alpha value is -2.21. The molecule has 0 amide bonds. The van der Waals surface area contributed by atoms with Crippen LogP contribution < -0.4 is 0 Å². The molecule has 6 heteroatoms. The Labute approximate surface area is 122 Å². The van der Waals surface area contributed by atoms with Crippen LogP contribution in [0.3, 0.4) is 0 Å². The molecule has 6 nitrogen and oxygen atoms in total. The molecule has 0 spiro atoms. The highest BCUT2D eigenvalue weighted by atomic mass is 16.5. The first-order chi connectivity index (χ1) is 10.4. The van der Waals surface area contributed by atoms with Gasteiger partial charge in [-0.15, -0.1) is 0 Å². The van der Waals surface area contributed by atoms with E-state index in [1.54, 1.807) is 6.33 Å². The van der Waals surface area contributed by atoms with E-state index < -0.39 is 0 Å². The zero-order valence-electron chi connectivity index (χ0n) is 11.7. The standard InChI is InChI=1S/C15H17N5O/c1-2-13(20-14(3-1)17-11-18-20)10-19-7-6-16-15(19)12-4-8-21-9-5-12/h1-3,6-7,11-12H,4-5,8-10H2. The quantitative estimate of drug-likeness (QED) is 0.736. The number of pyridine rings is 1. The van der Waals surface area contributed by atoms with Crippen molar-refractivity contribution in [2.75, 3.05) is 13.2 Å². The second kappa shape index (κ2) is 5.29. The van der Waals surface area contributed by atoms with Crippen molar-refractivity contribution in [3.8, 4) is 0 Å². The molecule has 0 aliphatic carbocycles. The van der Waals surface area contributed by atoms with Gasteiger partial charge in [-0.05, 0) is 25.0 Å². The van der Waals surface area contributed by atoms with Crippen molar-refractivity contribution in [3.63, 3.8) is 0 Å². The lowest BCUT2D eigenvalue weighted by atomic mass is 9.99. The molecule has 21 heavy (non-hydrogen) atoms. The van der Waals surface area contributed by atoms with Gasteiger partial charge in [0.2, 0.25) is 0 Å². The summed E-state index contributed by atoms with van der Waals surface area (Å²) in [6.07, 6.45) is 7.61. The number of hydrogen-bond donors (Lipinski definition) is 0. The Morgan fingerprint density at radius 3 is 3.00 bits per heavy atom. The first-order valence-electron chi connectivity index (χ1n) is 7.28. The Morgan fingerprint density at radius 2 is 2.10 bits per heavy atom. The van der Waals surface area contributed by atoms with Gasteiger partial charge in [0.05, 0.1) is 12.2 Å². The first-order valence-corrected chi connectivity index (χ1v) is 7.28. The van der Waals surface area contributed by atoms with E-state index in [9.17, 15) is 0 Å². The molecule has 4 rings (SSSR count). The van der Waals surface area contributed by atoms with Crippen molar-refractivity contribution in [2.45, 2.75) is 25.3 Å². The van der Waals surface area contributed by atoms with Gasteiger partial charge in [0.1, 0.15) is 12.2 Å². The second-order valence-corrected chi connectivity index (χ2v) is 5.35. The van der Waals surface area contributed by atoms with Gasteiger partial charge in [0.25, 0.3) is 0 Å². The van der Waals surface area contributed by atoms with Crippen molar-refractivity contribution >= 4 is 5.65 Å². The van der Waals surface area contributed by atoms with Crippen LogP contribution in [0, 0.1) is 0 Å². The summed E-state index contributed by atoms with van der Waals surface area (Å²) in [5.41, 5.74) is 1.98. The molecule has 3 aromatic heterocycles. The highest BCUT2D eigenvalue weighted by molar-refractivity contribution is 5.37. The predicted octanol–water partition coefficient (Wildman–Crippen LogP) is 1.87.